The SMILES string of the molecule is COC(=O)[C@]1(Cc2ccccc2)N[C@@H](c2ccccc2)c2c1c(O)c1ccccc1c2O. The van der Waals surface area contributed by atoms with Crippen molar-refractivity contribution in [1.29, 1.82) is 0 Å². The molecule has 5 heteroatoms. The molecule has 0 radical (unpaired) electrons. The Labute approximate surface area is 185 Å². The molecule has 3 N–H and O–H groups in total. The van der Waals surface area contributed by atoms with E-state index >= 15 is 0 Å². The molecule has 2 atom stereocenters. The van der Waals surface area contributed by atoms with Crippen molar-refractivity contribution in [2.45, 2.75) is 18.0 Å². The van der Waals surface area contributed by atoms with Gasteiger partial charge in [-0.2, -0.15) is 0 Å². The minimum atomic E-state index is -1.38. The van der Waals surface area contributed by atoms with Gasteiger partial charge < -0.3 is 14.9 Å². The lowest BCUT2D eigenvalue weighted by Gasteiger charge is -2.30. The van der Waals surface area contributed by atoms with Crippen LogP contribution in [0, 0.1) is 0 Å². The van der Waals surface area contributed by atoms with Crippen molar-refractivity contribution in [3.05, 3.63) is 107 Å². The molecule has 32 heavy (non-hydrogen) atoms. The minimum Gasteiger partial charge on any atom is -0.507 e. The Kier molecular flexibility index (Phi) is 4.83. The molecular formula is C27H23NO4. The number of phenolic OH excluding ortho intramolecular Hbond substituents is 2. The van der Waals surface area contributed by atoms with Crippen molar-refractivity contribution >= 4 is 16.7 Å². The summed E-state index contributed by atoms with van der Waals surface area (Å²) in [5.74, 6) is -0.500. The summed E-state index contributed by atoms with van der Waals surface area (Å²) in [7, 11) is 1.34. The van der Waals surface area contributed by atoms with E-state index in [2.05, 4.69) is 5.32 Å². The first kappa shape index (κ1) is 20.1. The second-order valence-electron chi connectivity index (χ2n) is 8.08. The van der Waals surface area contributed by atoms with Crippen LogP contribution in [0.2, 0.25) is 0 Å². The van der Waals surface area contributed by atoms with Gasteiger partial charge in [0.25, 0.3) is 0 Å². The third-order valence-electron chi connectivity index (χ3n) is 6.28. The molecule has 0 bridgehead atoms. The highest BCUT2D eigenvalue weighted by Crippen LogP contribution is 2.54. The molecule has 1 aliphatic rings. The van der Waals surface area contributed by atoms with Gasteiger partial charge in [0, 0.05) is 28.3 Å². The van der Waals surface area contributed by atoms with Crippen molar-refractivity contribution in [3.63, 3.8) is 0 Å². The molecule has 0 aromatic heterocycles. The predicted molar refractivity (Wildman–Crippen MR) is 123 cm³/mol. The van der Waals surface area contributed by atoms with Gasteiger partial charge in [-0.25, -0.2) is 4.79 Å². The van der Waals surface area contributed by atoms with Gasteiger partial charge in [0.2, 0.25) is 0 Å². The number of carbonyl (C=O) groups excluding carboxylic acids is 1. The summed E-state index contributed by atoms with van der Waals surface area (Å²) >= 11 is 0. The minimum absolute atomic E-state index is 0.0272. The molecule has 0 saturated carbocycles. The third-order valence-corrected chi connectivity index (χ3v) is 6.28. The molecule has 0 saturated heterocycles. The lowest BCUT2D eigenvalue weighted by Crippen LogP contribution is -2.48. The van der Waals surface area contributed by atoms with Gasteiger partial charge in [-0.1, -0.05) is 84.9 Å². The maximum atomic E-state index is 13.4. The fraction of sp³-hybridized carbons (Fsp3) is 0.148. The normalized spacial score (nSPS) is 19.6. The van der Waals surface area contributed by atoms with Gasteiger partial charge in [0.05, 0.1) is 13.2 Å². The summed E-state index contributed by atoms with van der Waals surface area (Å²) in [5, 5.41) is 27.3. The van der Waals surface area contributed by atoms with E-state index < -0.39 is 17.6 Å². The van der Waals surface area contributed by atoms with Crippen LogP contribution in [0.3, 0.4) is 0 Å². The maximum absolute atomic E-state index is 13.4. The van der Waals surface area contributed by atoms with E-state index in [-0.39, 0.29) is 17.9 Å². The van der Waals surface area contributed by atoms with Crippen LogP contribution in [-0.2, 0) is 21.5 Å². The Morgan fingerprint density at radius 1 is 0.875 bits per heavy atom. The molecular weight excluding hydrogens is 402 g/mol. The summed E-state index contributed by atoms with van der Waals surface area (Å²) in [6.07, 6.45) is 0.252. The van der Waals surface area contributed by atoms with E-state index in [1.807, 2.05) is 66.7 Å². The van der Waals surface area contributed by atoms with Crippen molar-refractivity contribution in [2.75, 3.05) is 7.11 Å². The number of nitrogens with one attached hydrogen (secondary N) is 1. The maximum Gasteiger partial charge on any atom is 0.331 e. The average molecular weight is 425 g/mol. The van der Waals surface area contributed by atoms with Crippen LogP contribution in [0.1, 0.15) is 28.3 Å². The molecule has 4 aromatic rings. The smallest absolute Gasteiger partial charge is 0.331 e. The summed E-state index contributed by atoms with van der Waals surface area (Å²) in [5.41, 5.74) is 1.25. The van der Waals surface area contributed by atoms with Crippen LogP contribution < -0.4 is 5.32 Å². The van der Waals surface area contributed by atoms with Crippen molar-refractivity contribution in [2.24, 2.45) is 0 Å². The highest BCUT2D eigenvalue weighted by Gasteiger charge is 2.54. The lowest BCUT2D eigenvalue weighted by atomic mass is 9.81. The quantitative estimate of drug-likeness (QED) is 0.330. The Hall–Kier alpha value is -3.83. The number of fused-ring (bicyclic) bond motifs is 2. The third kappa shape index (κ3) is 2.93. The molecule has 0 spiro atoms. The molecule has 0 amide bonds. The monoisotopic (exact) mass is 425 g/mol. The number of benzene rings is 4. The van der Waals surface area contributed by atoms with Crippen LogP contribution in [0.4, 0.5) is 0 Å². The topological polar surface area (TPSA) is 78.8 Å². The molecule has 160 valence electrons. The first-order valence-electron chi connectivity index (χ1n) is 10.5. The summed E-state index contributed by atoms with van der Waals surface area (Å²) in [4.78, 5) is 13.4. The van der Waals surface area contributed by atoms with Crippen LogP contribution in [-0.4, -0.2) is 23.3 Å². The van der Waals surface area contributed by atoms with E-state index in [4.69, 9.17) is 4.74 Å². The summed E-state index contributed by atoms with van der Waals surface area (Å²) < 4.78 is 5.26. The van der Waals surface area contributed by atoms with Crippen LogP contribution in [0.5, 0.6) is 11.5 Å². The fourth-order valence-electron chi connectivity index (χ4n) is 4.87. The molecule has 0 aliphatic carbocycles. The number of esters is 1. The molecule has 5 nitrogen and oxygen atoms in total. The van der Waals surface area contributed by atoms with E-state index in [0.717, 1.165) is 11.1 Å². The van der Waals surface area contributed by atoms with Crippen LogP contribution in [0.15, 0.2) is 84.9 Å². The number of hydrogen-bond acceptors (Lipinski definition) is 5. The largest absolute Gasteiger partial charge is 0.507 e. The second-order valence-corrected chi connectivity index (χ2v) is 8.08. The Morgan fingerprint density at radius 3 is 2.06 bits per heavy atom. The summed E-state index contributed by atoms with van der Waals surface area (Å²) in [6, 6.07) is 25.8. The average Bonchev–Trinajstić information content (AvgIpc) is 3.19. The van der Waals surface area contributed by atoms with Crippen molar-refractivity contribution in [3.8, 4) is 11.5 Å². The van der Waals surface area contributed by atoms with E-state index in [1.165, 1.54) is 7.11 Å². The molecule has 0 unspecified atom stereocenters. The van der Waals surface area contributed by atoms with Gasteiger partial charge in [-0.05, 0) is 11.1 Å². The van der Waals surface area contributed by atoms with Crippen molar-refractivity contribution in [1.82, 2.24) is 5.32 Å². The van der Waals surface area contributed by atoms with E-state index in [1.54, 1.807) is 18.2 Å². The Morgan fingerprint density at radius 2 is 1.44 bits per heavy atom. The molecule has 1 heterocycles. The fourth-order valence-corrected chi connectivity index (χ4v) is 4.87. The highest BCUT2D eigenvalue weighted by atomic mass is 16.5. The van der Waals surface area contributed by atoms with Crippen LogP contribution in [0.25, 0.3) is 10.8 Å². The Bertz CT molecular complexity index is 1300. The number of ether oxygens (including phenoxy) is 1. The van der Waals surface area contributed by atoms with Gasteiger partial charge in [0.15, 0.2) is 5.54 Å². The zero-order chi connectivity index (χ0) is 22.3. The zero-order valence-corrected chi connectivity index (χ0v) is 17.6. The van der Waals surface area contributed by atoms with Gasteiger partial charge in [-0.3, -0.25) is 5.32 Å². The second kappa shape index (κ2) is 7.70. The number of methoxy groups -OCH3 is 1. The van der Waals surface area contributed by atoms with E-state index in [0.29, 0.717) is 21.9 Å². The highest BCUT2D eigenvalue weighted by molar-refractivity contribution is 6.00. The number of carbonyl (C=O) groups is 1. The number of hydrogen-bond donors (Lipinski definition) is 3. The number of phenols is 2. The molecule has 1 aliphatic heterocycles. The lowest BCUT2D eigenvalue weighted by molar-refractivity contribution is -0.149. The number of rotatable bonds is 4. The predicted octanol–water partition coefficient (Wildman–Crippen LogP) is 4.55. The Balaban J connectivity index is 1.85. The number of aromatic hydroxyl groups is 2. The molecule has 0 fully saturated rings. The van der Waals surface area contributed by atoms with E-state index in [9.17, 15) is 15.0 Å². The molecule has 4 aromatic carbocycles. The van der Waals surface area contributed by atoms with Gasteiger partial charge >= 0.3 is 5.97 Å². The first-order chi connectivity index (χ1) is 15.6. The standard InChI is InChI=1S/C27H23NO4/c1-32-26(31)27(16-17-10-4-2-5-11-17)22-21(23(28-27)18-12-6-3-7-13-18)24(29)19-14-8-9-15-20(19)25(22)30/h2-15,23,28-30H,16H2,1H3/t23-,27+/m0/s1. The van der Waals surface area contributed by atoms with Gasteiger partial charge in [-0.15, -0.1) is 0 Å². The van der Waals surface area contributed by atoms with Gasteiger partial charge in [0.1, 0.15) is 11.5 Å². The molecule has 5 rings (SSSR count). The van der Waals surface area contributed by atoms with Crippen LogP contribution >= 0.6 is 0 Å². The first-order valence-corrected chi connectivity index (χ1v) is 10.5. The van der Waals surface area contributed by atoms with Crippen molar-refractivity contribution < 1.29 is 19.7 Å². The zero-order valence-electron chi connectivity index (χ0n) is 17.6. The summed E-state index contributed by atoms with van der Waals surface area (Å²) in [6.45, 7) is 0.